The van der Waals surface area contributed by atoms with E-state index < -0.39 is 10.2 Å². The highest BCUT2D eigenvalue weighted by Gasteiger charge is 2.46. The summed E-state index contributed by atoms with van der Waals surface area (Å²) in [6.45, 7) is 4.10. The first-order chi connectivity index (χ1) is 19.5. The van der Waals surface area contributed by atoms with Crippen molar-refractivity contribution in [3.05, 3.63) is 72.8 Å². The second-order valence-corrected chi connectivity index (χ2v) is 12.4. The summed E-state index contributed by atoms with van der Waals surface area (Å²) in [7, 11) is 0. The highest BCUT2D eigenvalue weighted by atomic mass is 32.2. The number of hydrogen-bond donors (Lipinski definition) is 2. The van der Waals surface area contributed by atoms with Gasteiger partial charge >= 0.3 is 0 Å². The van der Waals surface area contributed by atoms with Crippen LogP contribution >= 0.6 is 23.5 Å². The number of H-pyrrole nitrogens is 1. The summed E-state index contributed by atoms with van der Waals surface area (Å²) in [5.74, 6) is 0.507. The van der Waals surface area contributed by atoms with Crippen molar-refractivity contribution in [1.29, 1.82) is 0 Å². The quantitative estimate of drug-likeness (QED) is 0.197. The number of unbranched alkanes of at least 4 members (excludes halogenated alkanes) is 2. The van der Waals surface area contributed by atoms with E-state index in [0.29, 0.717) is 24.3 Å². The smallest absolute Gasteiger partial charge is 0.258 e. The van der Waals surface area contributed by atoms with E-state index in [-0.39, 0.29) is 11.7 Å². The lowest BCUT2D eigenvalue weighted by Crippen LogP contribution is -2.46. The first-order valence-corrected chi connectivity index (χ1v) is 15.5. The summed E-state index contributed by atoms with van der Waals surface area (Å²) in [6, 6.07) is 23.8. The molecule has 3 aromatic carbocycles. The van der Waals surface area contributed by atoms with Crippen molar-refractivity contribution in [2.75, 3.05) is 10.2 Å². The largest absolute Gasteiger partial charge is 0.340 e. The number of hydrogen-bond acceptors (Lipinski definition) is 7. The molecule has 2 unspecified atom stereocenters. The number of para-hydroxylation sites is 3. The molecule has 7 nitrogen and oxygen atoms in total. The Labute approximate surface area is 242 Å². The van der Waals surface area contributed by atoms with Gasteiger partial charge in [-0.15, -0.1) is 10.2 Å². The minimum Gasteiger partial charge on any atom is -0.340 e. The van der Waals surface area contributed by atoms with Gasteiger partial charge in [-0.3, -0.25) is 14.5 Å². The Hall–Kier alpha value is -3.56. The molecule has 204 valence electrons. The maximum atomic E-state index is 14.4. The highest BCUT2D eigenvalue weighted by Crippen LogP contribution is 2.50. The van der Waals surface area contributed by atoms with Crippen LogP contribution in [0.25, 0.3) is 10.9 Å². The third kappa shape index (κ3) is 4.71. The fourth-order valence-electron chi connectivity index (χ4n) is 5.19. The van der Waals surface area contributed by atoms with Crippen LogP contribution < -0.4 is 10.2 Å². The number of ketones is 1. The van der Waals surface area contributed by atoms with E-state index in [4.69, 9.17) is 0 Å². The zero-order chi connectivity index (χ0) is 27.7. The van der Waals surface area contributed by atoms with Crippen LogP contribution in [0, 0.1) is 0 Å². The number of aromatic nitrogens is 1. The fourth-order valence-corrected chi connectivity index (χ4v) is 7.51. The minimum absolute atomic E-state index is 0.0692. The molecule has 0 bridgehead atoms. The lowest BCUT2D eigenvalue weighted by atomic mass is 10.1. The lowest BCUT2D eigenvalue weighted by Gasteiger charge is -2.36. The van der Waals surface area contributed by atoms with Crippen molar-refractivity contribution in [1.82, 2.24) is 4.98 Å². The third-order valence-corrected chi connectivity index (χ3v) is 9.96. The Morgan fingerprint density at radius 2 is 1.62 bits per heavy atom. The zero-order valence-electron chi connectivity index (χ0n) is 22.5. The van der Waals surface area contributed by atoms with E-state index in [2.05, 4.69) is 27.5 Å². The van der Waals surface area contributed by atoms with Gasteiger partial charge in [0.25, 0.3) is 4.99 Å². The summed E-state index contributed by atoms with van der Waals surface area (Å²) >= 11 is 2.93. The van der Waals surface area contributed by atoms with E-state index in [1.54, 1.807) is 11.8 Å². The van der Waals surface area contributed by atoms with Gasteiger partial charge < -0.3 is 10.3 Å². The number of carbonyl (C=O) groups is 2. The predicted molar refractivity (Wildman–Crippen MR) is 164 cm³/mol. The second kappa shape index (κ2) is 11.1. The minimum atomic E-state index is -1.40. The third-order valence-electron chi connectivity index (χ3n) is 7.26. The number of anilines is 3. The first kappa shape index (κ1) is 26.7. The fraction of sp³-hybridized carbons (Fsp3) is 0.290. The normalized spacial score (nSPS) is 18.0. The molecule has 1 amide bonds. The van der Waals surface area contributed by atoms with Crippen molar-refractivity contribution in [3.8, 4) is 0 Å². The molecule has 0 spiro atoms. The van der Waals surface area contributed by atoms with Crippen LogP contribution in [0.3, 0.4) is 0 Å². The Kier molecular flexibility index (Phi) is 7.42. The van der Waals surface area contributed by atoms with Gasteiger partial charge in [0, 0.05) is 27.1 Å². The molecule has 2 aliphatic rings. The summed E-state index contributed by atoms with van der Waals surface area (Å²) in [5.41, 5.74) is 3.31. The molecule has 2 aliphatic heterocycles. The van der Waals surface area contributed by atoms with Crippen LogP contribution in [-0.4, -0.2) is 26.9 Å². The molecule has 0 saturated heterocycles. The van der Waals surface area contributed by atoms with Crippen molar-refractivity contribution in [3.63, 3.8) is 0 Å². The number of rotatable bonds is 9. The number of azo groups is 1. The predicted octanol–water partition coefficient (Wildman–Crippen LogP) is 8.82. The highest BCUT2D eigenvalue weighted by molar-refractivity contribution is 8.02. The summed E-state index contributed by atoms with van der Waals surface area (Å²) in [6.07, 6.45) is 3.62. The molecule has 0 saturated carbocycles. The number of carbonyl (C=O) groups excluding carboxylic acids is 2. The number of fused-ring (bicyclic) bond motifs is 5. The Morgan fingerprint density at radius 3 is 2.33 bits per heavy atom. The van der Waals surface area contributed by atoms with Gasteiger partial charge in [-0.25, -0.2) is 0 Å². The molecule has 0 radical (unpaired) electrons. The molecule has 40 heavy (non-hydrogen) atoms. The van der Waals surface area contributed by atoms with E-state index in [1.807, 2.05) is 84.6 Å². The summed E-state index contributed by atoms with van der Waals surface area (Å²) in [4.78, 5) is 34.1. The van der Waals surface area contributed by atoms with Crippen molar-refractivity contribution >= 4 is 69.0 Å². The van der Waals surface area contributed by atoms with Crippen LogP contribution in [0.4, 0.5) is 22.9 Å². The molecule has 4 aromatic rings. The van der Waals surface area contributed by atoms with Gasteiger partial charge in [-0.1, -0.05) is 92.7 Å². The number of aromatic amines is 1. The number of nitrogens with one attached hydrogen (secondary N) is 2. The maximum Gasteiger partial charge on any atom is 0.258 e. The van der Waals surface area contributed by atoms with Crippen molar-refractivity contribution in [2.45, 2.75) is 66.0 Å². The van der Waals surface area contributed by atoms with Crippen LogP contribution in [-0.2, 0) is 9.59 Å². The molecule has 9 heteroatoms. The standard InChI is InChI=1S/C31H31N5O2S2/c1-3-5-6-19-27(37)31(33-29-28(34-35-31)20-13-7-8-14-21(20)32-29)40-24(4-2)30(38)36-22-15-9-11-17-25(22)39-26-18-12-10-16-23(26)36/h7-18,24,32-33H,3-6,19H2,1-2H3. The molecular formula is C31H31N5O2S2. The number of Topliss-reactive ketones (excluding diaryl/α,β-unsaturated/α-hetero) is 1. The van der Waals surface area contributed by atoms with Gasteiger partial charge in [0.15, 0.2) is 5.78 Å². The van der Waals surface area contributed by atoms with Gasteiger partial charge in [0.05, 0.1) is 16.6 Å². The Bertz CT molecular complexity index is 1570. The van der Waals surface area contributed by atoms with Gasteiger partial charge in [-0.2, -0.15) is 0 Å². The maximum absolute atomic E-state index is 14.4. The lowest BCUT2D eigenvalue weighted by molar-refractivity contribution is -0.120. The van der Waals surface area contributed by atoms with E-state index in [9.17, 15) is 9.59 Å². The molecular weight excluding hydrogens is 539 g/mol. The van der Waals surface area contributed by atoms with E-state index in [0.717, 1.165) is 51.3 Å². The van der Waals surface area contributed by atoms with Gasteiger partial charge in [0.2, 0.25) is 5.91 Å². The van der Waals surface area contributed by atoms with Crippen molar-refractivity contribution < 1.29 is 9.59 Å². The summed E-state index contributed by atoms with van der Waals surface area (Å²) in [5, 5.41) is 13.0. The van der Waals surface area contributed by atoms with Crippen LogP contribution in [0.5, 0.6) is 0 Å². The molecule has 6 rings (SSSR count). The molecule has 2 atom stereocenters. The molecule has 2 N–H and O–H groups in total. The number of amides is 1. The molecule has 3 heterocycles. The molecule has 0 fully saturated rings. The number of thioether (sulfide) groups is 1. The van der Waals surface area contributed by atoms with E-state index in [1.165, 1.54) is 11.8 Å². The zero-order valence-corrected chi connectivity index (χ0v) is 24.1. The topological polar surface area (TPSA) is 89.9 Å². The summed E-state index contributed by atoms with van der Waals surface area (Å²) < 4.78 is 0. The van der Waals surface area contributed by atoms with Crippen LogP contribution in [0.1, 0.15) is 46.0 Å². The molecule has 1 aromatic heterocycles. The average molecular weight is 570 g/mol. The second-order valence-electron chi connectivity index (χ2n) is 9.97. The van der Waals surface area contributed by atoms with Gasteiger partial charge in [0.1, 0.15) is 11.5 Å². The Morgan fingerprint density at radius 1 is 0.950 bits per heavy atom. The van der Waals surface area contributed by atoms with Crippen LogP contribution in [0.2, 0.25) is 0 Å². The van der Waals surface area contributed by atoms with E-state index >= 15 is 0 Å². The SMILES string of the molecule is CCCCCC(=O)C1(SC(CC)C(=O)N2c3ccccc3Sc3ccccc32)N=Nc2c([nH]c3ccccc23)N1. The first-order valence-electron chi connectivity index (χ1n) is 13.8. The average Bonchev–Trinajstić information content (AvgIpc) is 3.35. The van der Waals surface area contributed by atoms with Gasteiger partial charge in [-0.05, 0) is 43.2 Å². The Balaban J connectivity index is 1.37. The number of nitrogens with zero attached hydrogens (tertiary/aromatic N) is 3. The van der Waals surface area contributed by atoms with Crippen LogP contribution in [0.15, 0.2) is 92.8 Å². The number of benzene rings is 3. The van der Waals surface area contributed by atoms with Crippen molar-refractivity contribution in [2.24, 2.45) is 10.2 Å². The monoisotopic (exact) mass is 569 g/mol. The molecule has 0 aliphatic carbocycles.